The summed E-state index contributed by atoms with van der Waals surface area (Å²) in [6, 6.07) is 15.4. The van der Waals surface area contributed by atoms with Crippen molar-refractivity contribution in [1.82, 2.24) is 14.9 Å². The third-order valence-corrected chi connectivity index (χ3v) is 5.93. The average molecular weight is 392 g/mol. The molecule has 1 aliphatic rings. The molecule has 2 amide bonds. The number of imidazole rings is 1. The fraction of sp³-hybridized carbons (Fsp3) is 0.190. The summed E-state index contributed by atoms with van der Waals surface area (Å²) in [4.78, 5) is 29.8. The Kier molecular flexibility index (Phi) is 5.16. The van der Waals surface area contributed by atoms with Crippen LogP contribution in [-0.4, -0.2) is 26.6 Å². The Morgan fingerprint density at radius 3 is 2.79 bits per heavy atom. The lowest BCUT2D eigenvalue weighted by Gasteiger charge is -2.24. The zero-order valence-corrected chi connectivity index (χ0v) is 16.1. The van der Waals surface area contributed by atoms with Crippen molar-refractivity contribution in [1.29, 1.82) is 0 Å². The van der Waals surface area contributed by atoms with E-state index in [1.807, 2.05) is 66.2 Å². The van der Waals surface area contributed by atoms with Crippen LogP contribution in [0.2, 0.25) is 0 Å². The largest absolute Gasteiger partial charge is 0.350 e. The van der Waals surface area contributed by atoms with E-state index in [9.17, 15) is 9.59 Å². The van der Waals surface area contributed by atoms with Gasteiger partial charge in [0.1, 0.15) is 0 Å². The molecule has 2 heterocycles. The first-order chi connectivity index (χ1) is 13.6. The van der Waals surface area contributed by atoms with Crippen LogP contribution in [-0.2, 0) is 9.59 Å². The first-order valence-electron chi connectivity index (χ1n) is 9.04. The number of carbonyl (C=O) groups is 2. The summed E-state index contributed by atoms with van der Waals surface area (Å²) in [5, 5.41) is 5.44. The van der Waals surface area contributed by atoms with Gasteiger partial charge in [0.15, 0.2) is 0 Å². The molecule has 0 spiro atoms. The van der Waals surface area contributed by atoms with Gasteiger partial charge < -0.3 is 15.2 Å². The van der Waals surface area contributed by atoms with E-state index >= 15 is 0 Å². The summed E-state index contributed by atoms with van der Waals surface area (Å²) in [6.07, 6.45) is 5.49. The Hall–Kier alpha value is -3.06. The van der Waals surface area contributed by atoms with Gasteiger partial charge in [-0.1, -0.05) is 24.3 Å². The lowest BCUT2D eigenvalue weighted by molar-refractivity contribution is -0.124. The number of nitrogens with zero attached hydrogens (tertiary/aromatic N) is 2. The van der Waals surface area contributed by atoms with E-state index in [1.165, 1.54) is 11.8 Å². The number of amides is 2. The van der Waals surface area contributed by atoms with E-state index in [-0.39, 0.29) is 24.3 Å². The highest BCUT2D eigenvalue weighted by Crippen LogP contribution is 2.36. The van der Waals surface area contributed by atoms with Gasteiger partial charge in [-0.3, -0.25) is 9.59 Å². The minimum atomic E-state index is -0.425. The van der Waals surface area contributed by atoms with E-state index in [0.29, 0.717) is 0 Å². The molecule has 0 saturated carbocycles. The molecule has 142 valence electrons. The van der Waals surface area contributed by atoms with Gasteiger partial charge in [-0.2, -0.15) is 0 Å². The van der Waals surface area contributed by atoms with Gasteiger partial charge >= 0.3 is 0 Å². The van der Waals surface area contributed by atoms with Gasteiger partial charge in [-0.15, -0.1) is 11.8 Å². The zero-order chi connectivity index (χ0) is 19.5. The van der Waals surface area contributed by atoms with Gasteiger partial charge in [-0.25, -0.2) is 4.98 Å². The summed E-state index contributed by atoms with van der Waals surface area (Å²) in [5.74, 6) is -0.269. The van der Waals surface area contributed by atoms with Crippen molar-refractivity contribution < 1.29 is 9.59 Å². The van der Waals surface area contributed by atoms with E-state index in [1.54, 1.807) is 12.5 Å². The van der Waals surface area contributed by atoms with E-state index < -0.39 is 5.25 Å². The first-order valence-corrected chi connectivity index (χ1v) is 9.92. The molecule has 0 unspecified atom stereocenters. The maximum absolute atomic E-state index is 12.5. The number of thioether (sulfide) groups is 1. The molecule has 2 N–H and O–H groups in total. The Morgan fingerprint density at radius 2 is 2.04 bits per heavy atom. The van der Waals surface area contributed by atoms with Gasteiger partial charge in [0.2, 0.25) is 11.8 Å². The Balaban J connectivity index is 1.36. The standard InChI is InChI=1S/C21H20N4O2S/c1-14(15-6-8-16(9-7-15)25-11-10-22-13-25)23-20(26)12-19-21(27)24-17-4-2-3-5-18(17)28-19/h2-11,13-14,19H,12H2,1H3,(H,23,26)(H,24,27)/t14-,19-/m1/s1. The number of rotatable bonds is 5. The number of hydrogen-bond acceptors (Lipinski definition) is 4. The molecule has 3 aromatic rings. The van der Waals surface area contributed by atoms with Crippen LogP contribution in [0.1, 0.15) is 24.9 Å². The number of hydrogen-bond donors (Lipinski definition) is 2. The molecule has 2 atom stereocenters. The number of anilines is 1. The molecule has 2 aromatic carbocycles. The highest BCUT2D eigenvalue weighted by atomic mass is 32.2. The predicted molar refractivity (Wildman–Crippen MR) is 109 cm³/mol. The zero-order valence-electron chi connectivity index (χ0n) is 15.3. The van der Waals surface area contributed by atoms with Crippen LogP contribution in [0, 0.1) is 0 Å². The van der Waals surface area contributed by atoms with Crippen molar-refractivity contribution >= 4 is 29.3 Å². The maximum Gasteiger partial charge on any atom is 0.238 e. The number of carbonyl (C=O) groups excluding carboxylic acids is 2. The molecule has 1 aromatic heterocycles. The summed E-state index contributed by atoms with van der Waals surface area (Å²) in [6.45, 7) is 1.94. The third-order valence-electron chi connectivity index (χ3n) is 4.65. The highest BCUT2D eigenvalue weighted by molar-refractivity contribution is 8.01. The quantitative estimate of drug-likeness (QED) is 0.696. The Labute approximate surface area is 167 Å². The normalized spacial score (nSPS) is 16.8. The van der Waals surface area contributed by atoms with E-state index in [4.69, 9.17) is 0 Å². The second kappa shape index (κ2) is 7.90. The molecule has 6 nitrogen and oxygen atoms in total. The second-order valence-corrected chi connectivity index (χ2v) is 7.89. The monoisotopic (exact) mass is 392 g/mol. The molecule has 0 bridgehead atoms. The minimum absolute atomic E-state index is 0.129. The average Bonchev–Trinajstić information content (AvgIpc) is 3.23. The lowest BCUT2D eigenvalue weighted by Crippen LogP contribution is -2.35. The summed E-state index contributed by atoms with van der Waals surface area (Å²) in [5.41, 5.74) is 2.82. The van der Waals surface area contributed by atoms with Crippen molar-refractivity contribution in [2.24, 2.45) is 0 Å². The van der Waals surface area contributed by atoms with Crippen molar-refractivity contribution in [2.45, 2.75) is 29.5 Å². The Bertz CT molecular complexity index is 986. The predicted octanol–water partition coefficient (Wildman–Crippen LogP) is 3.55. The van der Waals surface area contributed by atoms with Gasteiger partial charge in [-0.05, 0) is 36.8 Å². The topological polar surface area (TPSA) is 76.0 Å². The fourth-order valence-corrected chi connectivity index (χ4v) is 4.24. The number of benzene rings is 2. The minimum Gasteiger partial charge on any atom is -0.350 e. The summed E-state index contributed by atoms with van der Waals surface area (Å²) >= 11 is 1.44. The number of para-hydroxylation sites is 1. The van der Waals surface area contributed by atoms with Crippen LogP contribution >= 0.6 is 11.8 Å². The molecule has 28 heavy (non-hydrogen) atoms. The fourth-order valence-electron chi connectivity index (χ4n) is 3.13. The van der Waals surface area contributed by atoms with Crippen LogP contribution < -0.4 is 10.6 Å². The smallest absolute Gasteiger partial charge is 0.238 e. The summed E-state index contributed by atoms with van der Waals surface area (Å²) < 4.78 is 1.92. The number of nitrogens with one attached hydrogen (secondary N) is 2. The van der Waals surface area contributed by atoms with Crippen LogP contribution in [0.3, 0.4) is 0 Å². The van der Waals surface area contributed by atoms with Crippen LogP contribution in [0.25, 0.3) is 5.69 Å². The SMILES string of the molecule is C[C@@H](NC(=O)C[C@H]1Sc2ccccc2NC1=O)c1ccc(-n2ccnc2)cc1. The van der Waals surface area contributed by atoms with Crippen molar-refractivity contribution in [3.05, 3.63) is 72.8 Å². The molecule has 4 rings (SSSR count). The molecule has 0 saturated heterocycles. The van der Waals surface area contributed by atoms with Crippen LogP contribution in [0.5, 0.6) is 0 Å². The van der Waals surface area contributed by atoms with Gasteiger partial charge in [0, 0.05) is 29.4 Å². The molecule has 0 radical (unpaired) electrons. The number of aromatic nitrogens is 2. The summed E-state index contributed by atoms with van der Waals surface area (Å²) in [7, 11) is 0. The van der Waals surface area contributed by atoms with Crippen molar-refractivity contribution in [3.63, 3.8) is 0 Å². The van der Waals surface area contributed by atoms with E-state index in [2.05, 4.69) is 15.6 Å². The second-order valence-electron chi connectivity index (χ2n) is 6.65. The first kappa shape index (κ1) is 18.3. The van der Waals surface area contributed by atoms with Crippen molar-refractivity contribution in [2.75, 3.05) is 5.32 Å². The number of fused-ring (bicyclic) bond motifs is 1. The molecular weight excluding hydrogens is 372 g/mol. The van der Waals surface area contributed by atoms with Gasteiger partial charge in [0.25, 0.3) is 0 Å². The van der Waals surface area contributed by atoms with Crippen LogP contribution in [0.4, 0.5) is 5.69 Å². The van der Waals surface area contributed by atoms with Gasteiger partial charge in [0.05, 0.1) is 23.3 Å². The molecule has 7 heteroatoms. The highest BCUT2D eigenvalue weighted by Gasteiger charge is 2.29. The molecular formula is C21H20N4O2S. The lowest BCUT2D eigenvalue weighted by atomic mass is 10.1. The van der Waals surface area contributed by atoms with Crippen molar-refractivity contribution in [3.8, 4) is 5.69 Å². The Morgan fingerprint density at radius 1 is 1.25 bits per heavy atom. The molecule has 0 aliphatic carbocycles. The maximum atomic E-state index is 12.5. The molecule has 1 aliphatic heterocycles. The molecule has 0 fully saturated rings. The van der Waals surface area contributed by atoms with Crippen LogP contribution in [0.15, 0.2) is 72.1 Å². The van der Waals surface area contributed by atoms with E-state index in [0.717, 1.165) is 21.8 Å². The third kappa shape index (κ3) is 3.94.